The molecule has 1 atom stereocenters. The second-order valence-electron chi connectivity index (χ2n) is 5.98. The van der Waals surface area contributed by atoms with E-state index in [1.54, 1.807) is 5.56 Å². The van der Waals surface area contributed by atoms with Gasteiger partial charge in [0.15, 0.2) is 0 Å². The molecule has 0 bridgehead atoms. The molecule has 1 unspecified atom stereocenters. The number of rotatable bonds is 2. The lowest BCUT2D eigenvalue weighted by Gasteiger charge is -2.22. The molecule has 1 heterocycles. The van der Waals surface area contributed by atoms with Gasteiger partial charge in [-0.2, -0.15) is 0 Å². The fourth-order valence-electron chi connectivity index (χ4n) is 3.69. The number of nitrogens with one attached hydrogen (secondary N) is 1. The first-order chi connectivity index (χ1) is 8.69. The largest absolute Gasteiger partial charge is 0.358 e. The Morgan fingerprint density at radius 2 is 2.11 bits per heavy atom. The molecule has 1 aromatic heterocycles. The van der Waals surface area contributed by atoms with E-state index < -0.39 is 0 Å². The molecule has 1 N–H and O–H groups in total. The van der Waals surface area contributed by atoms with Crippen molar-refractivity contribution in [2.24, 2.45) is 5.92 Å². The summed E-state index contributed by atoms with van der Waals surface area (Å²) in [7, 11) is 0. The highest BCUT2D eigenvalue weighted by atomic mass is 14.7. The molecule has 96 valence electrons. The average Bonchev–Trinajstić information content (AvgIpc) is 2.66. The fourth-order valence-corrected chi connectivity index (χ4v) is 3.69. The van der Waals surface area contributed by atoms with Crippen LogP contribution >= 0.6 is 0 Å². The Labute approximate surface area is 110 Å². The minimum Gasteiger partial charge on any atom is -0.358 e. The SMILES string of the molecule is CCCC1CCc2[nH]c3cc(C)cc(C)c3c2C1. The molecule has 0 amide bonds. The maximum absolute atomic E-state index is 3.66. The molecule has 18 heavy (non-hydrogen) atoms. The van der Waals surface area contributed by atoms with Gasteiger partial charge in [-0.15, -0.1) is 0 Å². The van der Waals surface area contributed by atoms with Crippen LogP contribution in [0.1, 0.15) is 48.6 Å². The van der Waals surface area contributed by atoms with Crippen LogP contribution in [0.25, 0.3) is 10.9 Å². The average molecular weight is 241 g/mol. The van der Waals surface area contributed by atoms with E-state index in [9.17, 15) is 0 Å². The Morgan fingerprint density at radius 3 is 2.89 bits per heavy atom. The van der Waals surface area contributed by atoms with Crippen LogP contribution in [0.15, 0.2) is 12.1 Å². The van der Waals surface area contributed by atoms with Gasteiger partial charge in [0.25, 0.3) is 0 Å². The number of hydrogen-bond donors (Lipinski definition) is 1. The molecular weight excluding hydrogens is 218 g/mol. The molecule has 0 saturated heterocycles. The molecule has 0 spiro atoms. The molecule has 1 aromatic carbocycles. The zero-order valence-electron chi connectivity index (χ0n) is 11.8. The highest BCUT2D eigenvalue weighted by Gasteiger charge is 2.22. The zero-order chi connectivity index (χ0) is 12.7. The number of hydrogen-bond acceptors (Lipinski definition) is 0. The predicted octanol–water partition coefficient (Wildman–Crippen LogP) is 4.69. The molecule has 0 saturated carbocycles. The van der Waals surface area contributed by atoms with Crippen LogP contribution < -0.4 is 0 Å². The van der Waals surface area contributed by atoms with Crippen molar-refractivity contribution in [3.05, 3.63) is 34.5 Å². The molecule has 0 fully saturated rings. The lowest BCUT2D eigenvalue weighted by Crippen LogP contribution is -2.13. The monoisotopic (exact) mass is 241 g/mol. The summed E-state index contributed by atoms with van der Waals surface area (Å²) in [6, 6.07) is 4.62. The van der Waals surface area contributed by atoms with Gasteiger partial charge in [-0.25, -0.2) is 0 Å². The van der Waals surface area contributed by atoms with E-state index in [2.05, 4.69) is 37.9 Å². The van der Waals surface area contributed by atoms with E-state index >= 15 is 0 Å². The van der Waals surface area contributed by atoms with Crippen molar-refractivity contribution in [1.82, 2.24) is 4.98 Å². The summed E-state index contributed by atoms with van der Waals surface area (Å²) in [5.41, 5.74) is 7.29. The van der Waals surface area contributed by atoms with Crippen LogP contribution in [-0.2, 0) is 12.8 Å². The Bertz CT molecular complexity index is 577. The highest BCUT2D eigenvalue weighted by Crippen LogP contribution is 2.35. The number of H-pyrrole nitrogens is 1. The number of aromatic amines is 1. The van der Waals surface area contributed by atoms with E-state index in [4.69, 9.17) is 0 Å². The Hall–Kier alpha value is -1.24. The summed E-state index contributed by atoms with van der Waals surface area (Å²) in [6.07, 6.45) is 6.60. The third-order valence-electron chi connectivity index (χ3n) is 4.42. The predicted molar refractivity (Wildman–Crippen MR) is 78.2 cm³/mol. The van der Waals surface area contributed by atoms with Gasteiger partial charge in [0.05, 0.1) is 0 Å². The summed E-state index contributed by atoms with van der Waals surface area (Å²) < 4.78 is 0. The summed E-state index contributed by atoms with van der Waals surface area (Å²) in [5, 5.41) is 1.51. The number of aryl methyl sites for hydroxylation is 3. The van der Waals surface area contributed by atoms with Gasteiger partial charge in [0, 0.05) is 16.6 Å². The van der Waals surface area contributed by atoms with Crippen LogP contribution in [0.3, 0.4) is 0 Å². The Morgan fingerprint density at radius 1 is 1.28 bits per heavy atom. The van der Waals surface area contributed by atoms with Gasteiger partial charge >= 0.3 is 0 Å². The van der Waals surface area contributed by atoms with Crippen molar-refractivity contribution in [2.45, 2.75) is 52.9 Å². The first-order valence-corrected chi connectivity index (χ1v) is 7.29. The molecular formula is C17H23N. The van der Waals surface area contributed by atoms with Gasteiger partial charge in [-0.3, -0.25) is 0 Å². The minimum absolute atomic E-state index is 0.905. The van der Waals surface area contributed by atoms with E-state index in [0.29, 0.717) is 0 Å². The molecule has 1 nitrogen and oxygen atoms in total. The smallest absolute Gasteiger partial charge is 0.0464 e. The molecule has 0 radical (unpaired) electrons. The summed E-state index contributed by atoms with van der Waals surface area (Å²) in [6.45, 7) is 6.75. The van der Waals surface area contributed by atoms with Crippen LogP contribution in [0.4, 0.5) is 0 Å². The summed E-state index contributed by atoms with van der Waals surface area (Å²) >= 11 is 0. The van der Waals surface area contributed by atoms with Crippen LogP contribution in [0, 0.1) is 19.8 Å². The zero-order valence-corrected chi connectivity index (χ0v) is 11.8. The van der Waals surface area contributed by atoms with Gasteiger partial charge in [-0.1, -0.05) is 25.8 Å². The Balaban J connectivity index is 2.10. The molecule has 2 aromatic rings. The molecule has 1 aliphatic carbocycles. The third kappa shape index (κ3) is 1.86. The normalized spacial score (nSPS) is 19.2. The first-order valence-electron chi connectivity index (χ1n) is 7.29. The highest BCUT2D eigenvalue weighted by molar-refractivity contribution is 5.88. The fraction of sp³-hybridized carbons (Fsp3) is 0.529. The van der Waals surface area contributed by atoms with E-state index in [1.807, 2.05) is 0 Å². The van der Waals surface area contributed by atoms with Crippen molar-refractivity contribution < 1.29 is 0 Å². The van der Waals surface area contributed by atoms with E-state index in [0.717, 1.165) is 5.92 Å². The van der Waals surface area contributed by atoms with Crippen molar-refractivity contribution in [3.8, 4) is 0 Å². The molecule has 1 heteroatoms. The lowest BCUT2D eigenvalue weighted by atomic mass is 9.83. The van der Waals surface area contributed by atoms with E-state index in [1.165, 1.54) is 59.8 Å². The van der Waals surface area contributed by atoms with E-state index in [-0.39, 0.29) is 0 Å². The maximum atomic E-state index is 3.66. The van der Waals surface area contributed by atoms with Crippen LogP contribution in [0.5, 0.6) is 0 Å². The van der Waals surface area contributed by atoms with Gasteiger partial charge in [0.2, 0.25) is 0 Å². The first kappa shape index (κ1) is 11.8. The van der Waals surface area contributed by atoms with Crippen molar-refractivity contribution in [2.75, 3.05) is 0 Å². The third-order valence-corrected chi connectivity index (χ3v) is 4.42. The number of aromatic nitrogens is 1. The molecule has 0 aliphatic heterocycles. The van der Waals surface area contributed by atoms with Crippen LogP contribution in [-0.4, -0.2) is 4.98 Å². The van der Waals surface area contributed by atoms with Crippen LogP contribution in [0.2, 0.25) is 0 Å². The van der Waals surface area contributed by atoms with Crippen molar-refractivity contribution in [3.63, 3.8) is 0 Å². The topological polar surface area (TPSA) is 15.8 Å². The Kier molecular flexibility index (Phi) is 2.93. The molecule has 3 rings (SSSR count). The number of fused-ring (bicyclic) bond motifs is 3. The quantitative estimate of drug-likeness (QED) is 0.785. The van der Waals surface area contributed by atoms with Crippen molar-refractivity contribution >= 4 is 10.9 Å². The van der Waals surface area contributed by atoms with Crippen molar-refractivity contribution in [1.29, 1.82) is 0 Å². The van der Waals surface area contributed by atoms with Gasteiger partial charge < -0.3 is 4.98 Å². The minimum atomic E-state index is 0.905. The summed E-state index contributed by atoms with van der Waals surface area (Å²) in [4.78, 5) is 3.66. The second kappa shape index (κ2) is 4.46. The number of benzene rings is 1. The second-order valence-corrected chi connectivity index (χ2v) is 5.98. The van der Waals surface area contributed by atoms with Gasteiger partial charge in [-0.05, 0) is 61.8 Å². The van der Waals surface area contributed by atoms with Gasteiger partial charge in [0.1, 0.15) is 0 Å². The molecule has 1 aliphatic rings. The lowest BCUT2D eigenvalue weighted by molar-refractivity contribution is 0.422. The summed E-state index contributed by atoms with van der Waals surface area (Å²) in [5.74, 6) is 0.905. The standard InChI is InChI=1S/C17H23N/c1-4-5-13-6-7-15-14(10-13)17-12(3)8-11(2)9-16(17)18-15/h8-9,13,18H,4-7,10H2,1-3H3. The maximum Gasteiger partial charge on any atom is 0.0464 e.